The second kappa shape index (κ2) is 5.50. The lowest BCUT2D eigenvalue weighted by Gasteiger charge is -2.32. The van der Waals surface area contributed by atoms with E-state index in [1.807, 2.05) is 20.9 Å². The monoisotopic (exact) mass is 284 g/mol. The summed E-state index contributed by atoms with van der Waals surface area (Å²) < 4.78 is 1.67. The number of aryl methyl sites for hydroxylation is 1. The highest BCUT2D eigenvalue weighted by Gasteiger charge is 2.51. The van der Waals surface area contributed by atoms with Crippen molar-refractivity contribution in [2.24, 2.45) is 13.0 Å². The Balaban J connectivity index is 2.13. The van der Waals surface area contributed by atoms with E-state index in [0.717, 1.165) is 18.0 Å². The van der Waals surface area contributed by atoms with E-state index < -0.39 is 11.5 Å². The van der Waals surface area contributed by atoms with Crippen LogP contribution >= 0.6 is 11.8 Å². The van der Waals surface area contributed by atoms with Crippen molar-refractivity contribution in [3.05, 3.63) is 6.33 Å². The lowest BCUT2D eigenvalue weighted by Crippen LogP contribution is -2.58. The summed E-state index contributed by atoms with van der Waals surface area (Å²) in [6, 6.07) is 0.136. The Morgan fingerprint density at radius 1 is 1.68 bits per heavy atom. The number of thioether (sulfide) groups is 1. The number of aromatic nitrogens is 3. The van der Waals surface area contributed by atoms with Gasteiger partial charge in [-0.1, -0.05) is 11.8 Å². The van der Waals surface area contributed by atoms with E-state index >= 15 is 0 Å². The fourth-order valence-electron chi connectivity index (χ4n) is 2.26. The summed E-state index contributed by atoms with van der Waals surface area (Å²) in [7, 11) is 1.81. The normalized spacial score (nSPS) is 18.5. The minimum absolute atomic E-state index is 0.136. The van der Waals surface area contributed by atoms with Gasteiger partial charge in [0, 0.05) is 18.8 Å². The Kier molecular flexibility index (Phi) is 4.15. The summed E-state index contributed by atoms with van der Waals surface area (Å²) in [5.74, 6) is -0.0796. The molecular formula is C12H20N4O2S. The molecule has 0 saturated heterocycles. The number of nitrogens with one attached hydrogen (secondary N) is 1. The molecule has 1 saturated carbocycles. The van der Waals surface area contributed by atoms with Crippen LogP contribution in [0.25, 0.3) is 0 Å². The standard InChI is InChI=1S/C12H20N4O2S/c1-8(2)15-12(10(17)18,9-4-5-9)6-19-11-13-7-14-16(11)3/h7-9,15H,4-6H2,1-3H3,(H,17,18). The first-order valence-electron chi connectivity index (χ1n) is 6.43. The zero-order valence-corrected chi connectivity index (χ0v) is 12.3. The van der Waals surface area contributed by atoms with Crippen LogP contribution in [-0.4, -0.2) is 43.2 Å². The SMILES string of the molecule is CC(C)NC(CSc1ncnn1C)(C(=O)O)C1CC1. The first-order chi connectivity index (χ1) is 8.95. The molecule has 1 aromatic rings. The van der Waals surface area contributed by atoms with Gasteiger partial charge >= 0.3 is 5.97 Å². The summed E-state index contributed by atoms with van der Waals surface area (Å²) >= 11 is 1.45. The number of rotatable bonds is 7. The number of aliphatic carboxylic acids is 1. The lowest BCUT2D eigenvalue weighted by atomic mass is 9.94. The zero-order valence-electron chi connectivity index (χ0n) is 11.5. The highest BCUT2D eigenvalue weighted by Crippen LogP contribution is 2.42. The van der Waals surface area contributed by atoms with Crippen LogP contribution in [0, 0.1) is 5.92 Å². The number of hydrogen-bond donors (Lipinski definition) is 2. The van der Waals surface area contributed by atoms with Crippen molar-refractivity contribution in [3.8, 4) is 0 Å². The van der Waals surface area contributed by atoms with Crippen molar-refractivity contribution < 1.29 is 9.90 Å². The summed E-state index contributed by atoms with van der Waals surface area (Å²) in [6.45, 7) is 3.96. The van der Waals surface area contributed by atoms with Gasteiger partial charge in [0.1, 0.15) is 11.9 Å². The Hall–Kier alpha value is -1.08. The molecule has 1 aliphatic rings. The molecule has 1 unspecified atom stereocenters. The molecule has 1 aromatic heterocycles. The largest absolute Gasteiger partial charge is 0.480 e. The smallest absolute Gasteiger partial charge is 0.325 e. The maximum absolute atomic E-state index is 11.8. The number of carboxylic acid groups (broad SMARTS) is 1. The second-order valence-corrected chi connectivity index (χ2v) is 6.25. The van der Waals surface area contributed by atoms with Gasteiger partial charge < -0.3 is 5.11 Å². The summed E-state index contributed by atoms with van der Waals surface area (Å²) in [5, 5.41) is 17.7. The van der Waals surface area contributed by atoms with Gasteiger partial charge in [-0.05, 0) is 32.6 Å². The second-order valence-electron chi connectivity index (χ2n) is 5.30. The van der Waals surface area contributed by atoms with Crippen molar-refractivity contribution >= 4 is 17.7 Å². The van der Waals surface area contributed by atoms with Crippen molar-refractivity contribution in [2.75, 3.05) is 5.75 Å². The zero-order chi connectivity index (χ0) is 14.0. The van der Waals surface area contributed by atoms with Crippen LogP contribution in [0.1, 0.15) is 26.7 Å². The van der Waals surface area contributed by atoms with E-state index in [1.54, 1.807) is 4.68 Å². The Morgan fingerprint density at radius 3 is 2.79 bits per heavy atom. The van der Waals surface area contributed by atoms with Gasteiger partial charge in [-0.15, -0.1) is 0 Å². The molecule has 19 heavy (non-hydrogen) atoms. The van der Waals surface area contributed by atoms with Crippen molar-refractivity contribution in [3.63, 3.8) is 0 Å². The topological polar surface area (TPSA) is 80.0 Å². The van der Waals surface area contributed by atoms with E-state index in [0.29, 0.717) is 5.75 Å². The molecular weight excluding hydrogens is 264 g/mol. The molecule has 0 aliphatic heterocycles. The third-order valence-electron chi connectivity index (χ3n) is 3.30. The van der Waals surface area contributed by atoms with Crippen LogP contribution < -0.4 is 5.32 Å². The summed E-state index contributed by atoms with van der Waals surface area (Å²) in [4.78, 5) is 15.9. The van der Waals surface area contributed by atoms with Gasteiger partial charge in [-0.2, -0.15) is 5.10 Å². The molecule has 1 atom stereocenters. The Labute approximate surface area is 117 Å². The minimum Gasteiger partial charge on any atom is -0.480 e. The molecule has 0 spiro atoms. The van der Waals surface area contributed by atoms with Crippen molar-refractivity contribution in [2.45, 2.75) is 43.4 Å². The fraction of sp³-hybridized carbons (Fsp3) is 0.750. The minimum atomic E-state index is -0.856. The fourth-order valence-corrected chi connectivity index (χ4v) is 3.42. The van der Waals surface area contributed by atoms with Crippen molar-refractivity contribution in [1.82, 2.24) is 20.1 Å². The van der Waals surface area contributed by atoms with E-state index in [-0.39, 0.29) is 12.0 Å². The molecule has 6 nitrogen and oxygen atoms in total. The molecule has 1 heterocycles. The Morgan fingerprint density at radius 2 is 2.37 bits per heavy atom. The van der Waals surface area contributed by atoms with Crippen LogP contribution in [0.2, 0.25) is 0 Å². The Bertz CT molecular complexity index is 458. The van der Waals surface area contributed by atoms with Gasteiger partial charge in [0.25, 0.3) is 0 Å². The molecule has 1 fully saturated rings. The van der Waals surface area contributed by atoms with Gasteiger partial charge in [0.2, 0.25) is 0 Å². The van der Waals surface area contributed by atoms with E-state index in [9.17, 15) is 9.90 Å². The van der Waals surface area contributed by atoms with Gasteiger partial charge in [0.05, 0.1) is 0 Å². The number of nitrogens with zero attached hydrogens (tertiary/aromatic N) is 3. The van der Waals surface area contributed by atoms with Gasteiger partial charge in [-0.25, -0.2) is 9.67 Å². The van der Waals surface area contributed by atoms with Crippen LogP contribution in [0.4, 0.5) is 0 Å². The predicted octanol–water partition coefficient (Wildman–Crippen LogP) is 1.14. The van der Waals surface area contributed by atoms with E-state index in [4.69, 9.17) is 0 Å². The maximum atomic E-state index is 11.8. The quantitative estimate of drug-likeness (QED) is 0.731. The first kappa shape index (κ1) is 14.3. The van der Waals surface area contributed by atoms with Crippen LogP contribution in [0.15, 0.2) is 11.5 Å². The average Bonchev–Trinajstić information content (AvgIpc) is 3.09. The molecule has 106 valence electrons. The molecule has 0 radical (unpaired) electrons. The number of hydrogen-bond acceptors (Lipinski definition) is 5. The van der Waals surface area contributed by atoms with Gasteiger partial charge in [-0.3, -0.25) is 10.1 Å². The van der Waals surface area contributed by atoms with Crippen molar-refractivity contribution in [1.29, 1.82) is 0 Å². The van der Waals surface area contributed by atoms with E-state index in [1.165, 1.54) is 18.1 Å². The first-order valence-corrected chi connectivity index (χ1v) is 7.42. The van der Waals surface area contributed by atoms with Gasteiger partial charge in [0.15, 0.2) is 5.16 Å². The molecule has 7 heteroatoms. The summed E-state index contributed by atoms with van der Waals surface area (Å²) in [6.07, 6.45) is 3.44. The summed E-state index contributed by atoms with van der Waals surface area (Å²) in [5.41, 5.74) is -0.856. The van der Waals surface area contributed by atoms with Crippen LogP contribution in [0.3, 0.4) is 0 Å². The molecule has 1 aliphatic carbocycles. The predicted molar refractivity (Wildman–Crippen MR) is 73.1 cm³/mol. The third kappa shape index (κ3) is 3.09. The highest BCUT2D eigenvalue weighted by atomic mass is 32.2. The lowest BCUT2D eigenvalue weighted by molar-refractivity contribution is -0.145. The molecule has 0 bridgehead atoms. The maximum Gasteiger partial charge on any atom is 0.325 e. The molecule has 0 amide bonds. The molecule has 2 rings (SSSR count). The third-order valence-corrected chi connectivity index (χ3v) is 4.53. The van der Waals surface area contributed by atoms with Crippen LogP contribution in [0.5, 0.6) is 0 Å². The number of carbonyl (C=O) groups is 1. The number of carboxylic acids is 1. The highest BCUT2D eigenvalue weighted by molar-refractivity contribution is 7.99. The van der Waals surface area contributed by atoms with Crippen LogP contribution in [-0.2, 0) is 11.8 Å². The molecule has 2 N–H and O–H groups in total. The van der Waals surface area contributed by atoms with E-state index in [2.05, 4.69) is 15.4 Å². The molecule has 0 aromatic carbocycles. The average molecular weight is 284 g/mol.